The van der Waals surface area contributed by atoms with Crippen molar-refractivity contribution in [3.63, 3.8) is 0 Å². The number of aryl methyl sites for hydroxylation is 1. The van der Waals surface area contributed by atoms with E-state index in [4.69, 9.17) is 0 Å². The van der Waals surface area contributed by atoms with E-state index in [1.54, 1.807) is 6.07 Å². The van der Waals surface area contributed by atoms with Crippen LogP contribution in [-0.4, -0.2) is 11.1 Å². The van der Waals surface area contributed by atoms with Gasteiger partial charge in [0.1, 0.15) is 0 Å². The van der Waals surface area contributed by atoms with Gasteiger partial charge in [-0.25, -0.2) is 4.79 Å². The van der Waals surface area contributed by atoms with Crippen molar-refractivity contribution >= 4 is 16.7 Å². The highest BCUT2D eigenvalue weighted by molar-refractivity contribution is 6.07. The number of carboxylic acid groups (broad SMARTS) is 1. The van der Waals surface area contributed by atoms with Crippen molar-refractivity contribution in [2.45, 2.75) is 13.3 Å². The molecule has 0 aliphatic rings. The number of hydrogen-bond acceptors (Lipinski definition) is 1. The van der Waals surface area contributed by atoms with E-state index >= 15 is 0 Å². The summed E-state index contributed by atoms with van der Waals surface area (Å²) >= 11 is 0. The number of fused-ring (bicyclic) bond motifs is 1. The molecule has 0 saturated heterocycles. The van der Waals surface area contributed by atoms with Crippen molar-refractivity contribution in [2.75, 3.05) is 0 Å². The highest BCUT2D eigenvalue weighted by atomic mass is 16.4. The minimum Gasteiger partial charge on any atom is -0.478 e. The van der Waals surface area contributed by atoms with Crippen LogP contribution in [0, 0.1) is 0 Å². The summed E-state index contributed by atoms with van der Waals surface area (Å²) in [6, 6.07) is 19.6. The second-order valence-electron chi connectivity index (χ2n) is 5.06. The average molecular weight is 276 g/mol. The predicted octanol–water partition coefficient (Wildman–Crippen LogP) is 4.77. The minimum atomic E-state index is -0.893. The standard InChI is InChI=1S/C19H16O2/c1-2-13-7-9-15(10-8-13)18-16-6-4-3-5-14(16)11-12-17(18)19(20)21/h3-12H,2H2,1H3,(H,20,21). The summed E-state index contributed by atoms with van der Waals surface area (Å²) in [7, 11) is 0. The Bertz CT molecular complexity index is 801. The van der Waals surface area contributed by atoms with Crippen LogP contribution in [0.2, 0.25) is 0 Å². The van der Waals surface area contributed by atoms with Crippen LogP contribution in [0.3, 0.4) is 0 Å². The molecule has 0 amide bonds. The Hall–Kier alpha value is -2.61. The molecule has 3 aromatic carbocycles. The SMILES string of the molecule is CCc1ccc(-c2c(C(=O)O)ccc3ccccc23)cc1. The molecule has 1 N–H and O–H groups in total. The number of aromatic carboxylic acids is 1. The van der Waals surface area contributed by atoms with Crippen molar-refractivity contribution in [3.05, 3.63) is 71.8 Å². The minimum absolute atomic E-state index is 0.345. The summed E-state index contributed by atoms with van der Waals surface area (Å²) in [6.45, 7) is 2.11. The summed E-state index contributed by atoms with van der Waals surface area (Å²) in [4.78, 5) is 11.6. The van der Waals surface area contributed by atoms with Gasteiger partial charge in [0.05, 0.1) is 5.56 Å². The van der Waals surface area contributed by atoms with Gasteiger partial charge < -0.3 is 5.11 Å². The first kappa shape index (κ1) is 13.4. The fourth-order valence-electron chi connectivity index (χ4n) is 2.67. The maximum Gasteiger partial charge on any atom is 0.336 e. The van der Waals surface area contributed by atoms with Crippen LogP contribution in [0.25, 0.3) is 21.9 Å². The van der Waals surface area contributed by atoms with E-state index in [0.29, 0.717) is 5.56 Å². The molecule has 0 saturated carbocycles. The Labute approximate surface area is 123 Å². The van der Waals surface area contributed by atoms with Gasteiger partial charge in [-0.2, -0.15) is 0 Å². The van der Waals surface area contributed by atoms with Gasteiger partial charge in [0, 0.05) is 5.56 Å². The maximum atomic E-state index is 11.6. The first-order valence-corrected chi connectivity index (χ1v) is 7.05. The van der Waals surface area contributed by atoms with Crippen molar-refractivity contribution in [3.8, 4) is 11.1 Å². The quantitative estimate of drug-likeness (QED) is 0.748. The third-order valence-corrected chi connectivity index (χ3v) is 3.81. The molecule has 2 heteroatoms. The zero-order valence-electron chi connectivity index (χ0n) is 11.8. The first-order valence-electron chi connectivity index (χ1n) is 7.05. The lowest BCUT2D eigenvalue weighted by molar-refractivity contribution is 0.0698. The van der Waals surface area contributed by atoms with Crippen LogP contribution in [0.1, 0.15) is 22.8 Å². The van der Waals surface area contributed by atoms with Gasteiger partial charge in [-0.1, -0.05) is 61.5 Å². The zero-order chi connectivity index (χ0) is 14.8. The van der Waals surface area contributed by atoms with Crippen LogP contribution in [0.4, 0.5) is 0 Å². The molecule has 0 fully saturated rings. The normalized spacial score (nSPS) is 10.7. The molecule has 2 nitrogen and oxygen atoms in total. The Balaban J connectivity index is 2.31. The van der Waals surface area contributed by atoms with Gasteiger partial charge in [-0.3, -0.25) is 0 Å². The highest BCUT2D eigenvalue weighted by Crippen LogP contribution is 2.32. The van der Waals surface area contributed by atoms with Crippen LogP contribution >= 0.6 is 0 Å². The Kier molecular flexibility index (Phi) is 3.44. The van der Waals surface area contributed by atoms with E-state index in [1.165, 1.54) is 5.56 Å². The molecule has 3 rings (SSSR count). The van der Waals surface area contributed by atoms with Gasteiger partial charge in [-0.15, -0.1) is 0 Å². The largest absolute Gasteiger partial charge is 0.478 e. The van der Waals surface area contributed by atoms with E-state index in [1.807, 2.05) is 42.5 Å². The van der Waals surface area contributed by atoms with Crippen molar-refractivity contribution in [1.29, 1.82) is 0 Å². The average Bonchev–Trinajstić information content (AvgIpc) is 2.53. The molecule has 0 aromatic heterocycles. The maximum absolute atomic E-state index is 11.6. The van der Waals surface area contributed by atoms with Gasteiger partial charge in [0.2, 0.25) is 0 Å². The predicted molar refractivity (Wildman–Crippen MR) is 85.7 cm³/mol. The molecule has 0 bridgehead atoms. The number of carboxylic acids is 1. The molecule has 104 valence electrons. The lowest BCUT2D eigenvalue weighted by Crippen LogP contribution is -2.00. The molecule has 0 radical (unpaired) electrons. The highest BCUT2D eigenvalue weighted by Gasteiger charge is 2.14. The molecule has 0 aliphatic carbocycles. The third kappa shape index (κ3) is 2.40. The van der Waals surface area contributed by atoms with E-state index in [2.05, 4.69) is 19.1 Å². The second-order valence-corrected chi connectivity index (χ2v) is 5.06. The summed E-state index contributed by atoms with van der Waals surface area (Å²) in [6.07, 6.45) is 0.974. The van der Waals surface area contributed by atoms with E-state index in [0.717, 1.165) is 28.3 Å². The third-order valence-electron chi connectivity index (χ3n) is 3.81. The molecule has 0 aliphatic heterocycles. The van der Waals surface area contributed by atoms with Crippen molar-refractivity contribution < 1.29 is 9.90 Å². The van der Waals surface area contributed by atoms with E-state index in [-0.39, 0.29) is 0 Å². The number of hydrogen-bond donors (Lipinski definition) is 1. The lowest BCUT2D eigenvalue weighted by Gasteiger charge is -2.11. The van der Waals surface area contributed by atoms with E-state index < -0.39 is 5.97 Å². The summed E-state index contributed by atoms with van der Waals surface area (Å²) in [5, 5.41) is 11.5. The number of benzene rings is 3. The smallest absolute Gasteiger partial charge is 0.336 e. The van der Waals surface area contributed by atoms with Crippen molar-refractivity contribution in [1.82, 2.24) is 0 Å². The first-order chi connectivity index (χ1) is 10.2. The molecule has 0 unspecified atom stereocenters. The lowest BCUT2D eigenvalue weighted by atomic mass is 9.92. The summed E-state index contributed by atoms with van der Waals surface area (Å²) < 4.78 is 0. The topological polar surface area (TPSA) is 37.3 Å². The Morgan fingerprint density at radius 1 is 0.952 bits per heavy atom. The summed E-state index contributed by atoms with van der Waals surface area (Å²) in [5.41, 5.74) is 3.33. The van der Waals surface area contributed by atoms with Crippen molar-refractivity contribution in [2.24, 2.45) is 0 Å². The molecule has 3 aromatic rings. The van der Waals surface area contributed by atoms with Crippen LogP contribution in [0.15, 0.2) is 60.7 Å². The van der Waals surface area contributed by atoms with Gasteiger partial charge in [-0.05, 0) is 34.4 Å². The molecule has 0 heterocycles. The molecular weight excluding hydrogens is 260 g/mol. The van der Waals surface area contributed by atoms with Gasteiger partial charge in [0.15, 0.2) is 0 Å². The van der Waals surface area contributed by atoms with Crippen LogP contribution in [-0.2, 0) is 6.42 Å². The number of carbonyl (C=O) groups is 1. The monoisotopic (exact) mass is 276 g/mol. The summed E-state index contributed by atoms with van der Waals surface area (Å²) in [5.74, 6) is -0.893. The molecule has 0 spiro atoms. The molecule has 21 heavy (non-hydrogen) atoms. The van der Waals surface area contributed by atoms with Gasteiger partial charge in [0.25, 0.3) is 0 Å². The molecular formula is C19H16O2. The molecule has 0 atom stereocenters. The number of rotatable bonds is 3. The van der Waals surface area contributed by atoms with Crippen LogP contribution < -0.4 is 0 Å². The Morgan fingerprint density at radius 2 is 1.67 bits per heavy atom. The fourth-order valence-corrected chi connectivity index (χ4v) is 2.67. The zero-order valence-corrected chi connectivity index (χ0v) is 11.8. The van der Waals surface area contributed by atoms with Crippen LogP contribution in [0.5, 0.6) is 0 Å². The van der Waals surface area contributed by atoms with E-state index in [9.17, 15) is 9.90 Å². The Morgan fingerprint density at radius 3 is 2.33 bits per heavy atom. The fraction of sp³-hybridized carbons (Fsp3) is 0.105. The van der Waals surface area contributed by atoms with Gasteiger partial charge >= 0.3 is 5.97 Å². The second kappa shape index (κ2) is 5.41.